The lowest BCUT2D eigenvalue weighted by atomic mass is 9.88. The molecule has 0 aliphatic heterocycles. The minimum Gasteiger partial charge on any atom is -0.385 e. The number of methoxy groups -OCH3 is 1. The summed E-state index contributed by atoms with van der Waals surface area (Å²) in [6.45, 7) is 8.97. The van der Waals surface area contributed by atoms with Crippen LogP contribution < -0.4 is 5.32 Å². The topological polar surface area (TPSA) is 21.3 Å². The minimum atomic E-state index is 0.341. The predicted octanol–water partition coefficient (Wildman–Crippen LogP) is 5.70. The van der Waals surface area contributed by atoms with Gasteiger partial charge in [-0.2, -0.15) is 0 Å². The van der Waals surface area contributed by atoms with E-state index in [1.807, 2.05) is 0 Å². The monoisotopic (exact) mass is 299 g/mol. The fraction of sp³-hybridized carbons (Fsp3) is 1.00. The Bertz CT molecular complexity index is 194. The quantitative estimate of drug-likeness (QED) is 0.369. The van der Waals surface area contributed by atoms with Crippen LogP contribution in [0.2, 0.25) is 0 Å². The first-order valence-corrected chi connectivity index (χ1v) is 9.42. The zero-order valence-electron chi connectivity index (χ0n) is 15.3. The van der Waals surface area contributed by atoms with Crippen molar-refractivity contribution in [3.63, 3.8) is 0 Å². The molecule has 0 fully saturated rings. The molecule has 2 nitrogen and oxygen atoms in total. The second-order valence-corrected chi connectivity index (χ2v) is 6.81. The lowest BCUT2D eigenvalue weighted by Crippen LogP contribution is -2.43. The molecule has 0 aromatic rings. The molecule has 1 atom stereocenters. The molecule has 0 saturated carbocycles. The number of hydrogen-bond donors (Lipinski definition) is 1. The Kier molecular flexibility index (Phi) is 14.8. The van der Waals surface area contributed by atoms with Gasteiger partial charge in [0.15, 0.2) is 0 Å². The summed E-state index contributed by atoms with van der Waals surface area (Å²) in [7, 11) is 1.79. The summed E-state index contributed by atoms with van der Waals surface area (Å²) in [5.41, 5.74) is 0.341. The highest BCUT2D eigenvalue weighted by atomic mass is 16.5. The van der Waals surface area contributed by atoms with Crippen LogP contribution >= 0.6 is 0 Å². The number of nitrogens with one attached hydrogen (secondary N) is 1. The molecule has 0 rings (SSSR count). The number of ether oxygens (including phenoxy) is 1. The van der Waals surface area contributed by atoms with Crippen molar-refractivity contribution in [2.75, 3.05) is 20.3 Å². The molecule has 1 unspecified atom stereocenters. The average molecular weight is 300 g/mol. The smallest absolute Gasteiger partial charge is 0.0474 e. The molecular weight excluding hydrogens is 258 g/mol. The lowest BCUT2D eigenvalue weighted by Gasteiger charge is -2.31. The van der Waals surface area contributed by atoms with Crippen molar-refractivity contribution in [2.24, 2.45) is 0 Å². The molecule has 0 saturated heterocycles. The first kappa shape index (κ1) is 20.9. The molecule has 0 aliphatic carbocycles. The Morgan fingerprint density at radius 1 is 0.762 bits per heavy atom. The number of rotatable bonds is 16. The summed E-state index contributed by atoms with van der Waals surface area (Å²) in [6, 6.07) is 0. The normalized spacial score (nSPS) is 14.3. The van der Waals surface area contributed by atoms with Gasteiger partial charge in [-0.3, -0.25) is 0 Å². The van der Waals surface area contributed by atoms with E-state index in [1.54, 1.807) is 7.11 Å². The maximum atomic E-state index is 5.16. The third-order valence-corrected chi connectivity index (χ3v) is 4.49. The fourth-order valence-corrected chi connectivity index (χ4v) is 2.97. The van der Waals surface area contributed by atoms with Crippen LogP contribution in [-0.4, -0.2) is 25.8 Å². The summed E-state index contributed by atoms with van der Waals surface area (Å²) < 4.78 is 5.16. The highest BCUT2D eigenvalue weighted by molar-refractivity contribution is 4.83. The van der Waals surface area contributed by atoms with Gasteiger partial charge in [0.2, 0.25) is 0 Å². The predicted molar refractivity (Wildman–Crippen MR) is 95.0 cm³/mol. The van der Waals surface area contributed by atoms with Crippen LogP contribution in [0.5, 0.6) is 0 Å². The molecule has 0 aromatic heterocycles. The van der Waals surface area contributed by atoms with E-state index in [4.69, 9.17) is 4.74 Å². The molecule has 21 heavy (non-hydrogen) atoms. The van der Waals surface area contributed by atoms with Crippen molar-refractivity contribution >= 4 is 0 Å². The molecule has 0 heterocycles. The van der Waals surface area contributed by atoms with E-state index in [1.165, 1.54) is 70.6 Å². The molecule has 0 spiro atoms. The molecule has 0 bridgehead atoms. The molecule has 0 aromatic carbocycles. The van der Waals surface area contributed by atoms with Gasteiger partial charge in [-0.25, -0.2) is 0 Å². The highest BCUT2D eigenvalue weighted by Crippen LogP contribution is 2.22. The zero-order valence-corrected chi connectivity index (χ0v) is 15.3. The Morgan fingerprint density at radius 3 is 1.81 bits per heavy atom. The van der Waals surface area contributed by atoms with E-state index in [2.05, 4.69) is 26.1 Å². The second-order valence-electron chi connectivity index (χ2n) is 6.81. The standard InChI is InChI=1S/C19H41NO/c1-5-7-9-11-13-16-19(3,15-12-10-8-6-2)20-17-14-18-21-4/h20H,5-18H2,1-4H3. The summed E-state index contributed by atoms with van der Waals surface area (Å²) in [5.74, 6) is 0. The van der Waals surface area contributed by atoms with Crippen molar-refractivity contribution < 1.29 is 4.74 Å². The lowest BCUT2D eigenvalue weighted by molar-refractivity contribution is 0.187. The van der Waals surface area contributed by atoms with Gasteiger partial charge in [0, 0.05) is 19.3 Å². The number of hydrogen-bond acceptors (Lipinski definition) is 2. The van der Waals surface area contributed by atoms with Crippen molar-refractivity contribution in [1.29, 1.82) is 0 Å². The van der Waals surface area contributed by atoms with E-state index in [0.29, 0.717) is 5.54 Å². The minimum absolute atomic E-state index is 0.341. The molecule has 0 radical (unpaired) electrons. The van der Waals surface area contributed by atoms with Gasteiger partial charge in [0.05, 0.1) is 0 Å². The van der Waals surface area contributed by atoms with Crippen LogP contribution in [0.4, 0.5) is 0 Å². The van der Waals surface area contributed by atoms with Crippen LogP contribution in [0.3, 0.4) is 0 Å². The van der Waals surface area contributed by atoms with Gasteiger partial charge in [-0.05, 0) is 32.7 Å². The van der Waals surface area contributed by atoms with Gasteiger partial charge >= 0.3 is 0 Å². The fourth-order valence-electron chi connectivity index (χ4n) is 2.97. The van der Waals surface area contributed by atoms with Gasteiger partial charge in [0.25, 0.3) is 0 Å². The van der Waals surface area contributed by atoms with Crippen LogP contribution in [0.1, 0.15) is 97.8 Å². The van der Waals surface area contributed by atoms with Gasteiger partial charge < -0.3 is 10.1 Å². The molecular formula is C19H41NO. The zero-order chi connectivity index (χ0) is 15.8. The summed E-state index contributed by atoms with van der Waals surface area (Å²) in [5, 5.41) is 3.82. The van der Waals surface area contributed by atoms with Crippen LogP contribution in [0.15, 0.2) is 0 Å². The third-order valence-electron chi connectivity index (χ3n) is 4.49. The largest absolute Gasteiger partial charge is 0.385 e. The molecule has 0 aliphatic rings. The first-order valence-electron chi connectivity index (χ1n) is 9.42. The number of unbranched alkanes of at least 4 members (excludes halogenated alkanes) is 7. The van der Waals surface area contributed by atoms with Crippen LogP contribution in [0.25, 0.3) is 0 Å². The summed E-state index contributed by atoms with van der Waals surface area (Å²) in [6.07, 6.45) is 16.2. The van der Waals surface area contributed by atoms with Gasteiger partial charge in [-0.15, -0.1) is 0 Å². The summed E-state index contributed by atoms with van der Waals surface area (Å²) in [4.78, 5) is 0. The Hall–Kier alpha value is -0.0800. The Labute approximate surface area is 134 Å². The molecule has 1 N–H and O–H groups in total. The van der Waals surface area contributed by atoms with Gasteiger partial charge in [0.1, 0.15) is 0 Å². The summed E-state index contributed by atoms with van der Waals surface area (Å²) >= 11 is 0. The molecule has 0 amide bonds. The van der Waals surface area contributed by atoms with Gasteiger partial charge in [-0.1, -0.05) is 71.6 Å². The highest BCUT2D eigenvalue weighted by Gasteiger charge is 2.22. The maximum absolute atomic E-state index is 5.16. The molecule has 2 heteroatoms. The first-order chi connectivity index (χ1) is 10.2. The van der Waals surface area contributed by atoms with Crippen molar-refractivity contribution in [3.05, 3.63) is 0 Å². The van der Waals surface area contributed by atoms with E-state index in [0.717, 1.165) is 19.6 Å². The van der Waals surface area contributed by atoms with Crippen molar-refractivity contribution in [2.45, 2.75) is 103 Å². The molecule has 128 valence electrons. The second kappa shape index (κ2) is 14.8. The van der Waals surface area contributed by atoms with E-state index < -0.39 is 0 Å². The van der Waals surface area contributed by atoms with E-state index >= 15 is 0 Å². The van der Waals surface area contributed by atoms with Crippen LogP contribution in [-0.2, 0) is 4.74 Å². The SMILES string of the molecule is CCCCCCCC(C)(CCCCCC)NCCCOC. The van der Waals surface area contributed by atoms with Crippen LogP contribution in [0, 0.1) is 0 Å². The maximum Gasteiger partial charge on any atom is 0.0474 e. The third kappa shape index (κ3) is 13.3. The van der Waals surface area contributed by atoms with Crippen molar-refractivity contribution in [1.82, 2.24) is 5.32 Å². The van der Waals surface area contributed by atoms with E-state index in [-0.39, 0.29) is 0 Å². The average Bonchev–Trinajstić information content (AvgIpc) is 2.48. The van der Waals surface area contributed by atoms with Crippen molar-refractivity contribution in [3.8, 4) is 0 Å². The Morgan fingerprint density at radius 2 is 1.29 bits per heavy atom. The van der Waals surface area contributed by atoms with E-state index in [9.17, 15) is 0 Å². The Balaban J connectivity index is 3.98.